The Kier molecular flexibility index (Phi) is 3.16. The molecule has 96 valence electrons. The van der Waals surface area contributed by atoms with Crippen LogP contribution in [-0.2, 0) is 0 Å². The number of fused-ring (bicyclic) bond motifs is 1. The van der Waals surface area contributed by atoms with E-state index in [0.717, 1.165) is 10.9 Å². The van der Waals surface area contributed by atoms with Crippen molar-refractivity contribution in [2.75, 3.05) is 0 Å². The van der Waals surface area contributed by atoms with E-state index in [-0.39, 0.29) is 17.4 Å². The van der Waals surface area contributed by atoms with Gasteiger partial charge in [-0.1, -0.05) is 39.0 Å². The molecule has 0 aliphatic carbocycles. The van der Waals surface area contributed by atoms with Crippen molar-refractivity contribution in [3.8, 4) is 0 Å². The molecule has 0 bridgehead atoms. The van der Waals surface area contributed by atoms with Crippen molar-refractivity contribution in [1.29, 1.82) is 0 Å². The number of nitrogens with one attached hydrogen (secondary N) is 2. The van der Waals surface area contributed by atoms with Gasteiger partial charge in [0.15, 0.2) is 0 Å². The van der Waals surface area contributed by atoms with Crippen LogP contribution in [-0.4, -0.2) is 16.9 Å². The van der Waals surface area contributed by atoms with Crippen LogP contribution in [0.15, 0.2) is 30.5 Å². The van der Waals surface area contributed by atoms with Gasteiger partial charge in [0.2, 0.25) is 0 Å². The first kappa shape index (κ1) is 12.7. The molecule has 1 amide bonds. The number of aromatic nitrogens is 1. The Hall–Kier alpha value is -1.77. The molecule has 1 atom stereocenters. The van der Waals surface area contributed by atoms with Crippen LogP contribution in [0.25, 0.3) is 10.9 Å². The first-order chi connectivity index (χ1) is 8.39. The van der Waals surface area contributed by atoms with Gasteiger partial charge in [0.05, 0.1) is 5.56 Å². The minimum atomic E-state index is -0.0186. The number of hydrogen-bond donors (Lipinski definition) is 2. The molecule has 18 heavy (non-hydrogen) atoms. The number of amides is 1. The topological polar surface area (TPSA) is 44.9 Å². The van der Waals surface area contributed by atoms with E-state index >= 15 is 0 Å². The SMILES string of the molecule is CC(NC(=O)c1c[nH]c2ccccc12)C(C)(C)C. The highest BCUT2D eigenvalue weighted by Crippen LogP contribution is 2.21. The number of benzene rings is 1. The second-order valence-electron chi connectivity index (χ2n) is 5.81. The molecule has 0 radical (unpaired) electrons. The van der Waals surface area contributed by atoms with Crippen LogP contribution in [0.4, 0.5) is 0 Å². The van der Waals surface area contributed by atoms with Crippen molar-refractivity contribution in [3.05, 3.63) is 36.0 Å². The average molecular weight is 244 g/mol. The summed E-state index contributed by atoms with van der Waals surface area (Å²) >= 11 is 0. The highest BCUT2D eigenvalue weighted by molar-refractivity contribution is 6.06. The number of hydrogen-bond acceptors (Lipinski definition) is 1. The van der Waals surface area contributed by atoms with Crippen molar-refractivity contribution in [2.45, 2.75) is 33.7 Å². The number of carbonyl (C=O) groups excluding carboxylic acids is 1. The van der Waals surface area contributed by atoms with E-state index in [9.17, 15) is 4.79 Å². The normalized spacial score (nSPS) is 13.6. The molecular weight excluding hydrogens is 224 g/mol. The lowest BCUT2D eigenvalue weighted by Gasteiger charge is -2.27. The minimum Gasteiger partial charge on any atom is -0.360 e. The van der Waals surface area contributed by atoms with Crippen LogP contribution in [0, 0.1) is 5.41 Å². The molecule has 1 heterocycles. The van der Waals surface area contributed by atoms with Crippen LogP contribution in [0.5, 0.6) is 0 Å². The monoisotopic (exact) mass is 244 g/mol. The Morgan fingerprint density at radius 2 is 1.94 bits per heavy atom. The summed E-state index contributed by atoms with van der Waals surface area (Å²) in [7, 11) is 0. The fraction of sp³-hybridized carbons (Fsp3) is 0.400. The van der Waals surface area contributed by atoms with Crippen LogP contribution >= 0.6 is 0 Å². The standard InChI is InChI=1S/C15H20N2O/c1-10(15(2,3)4)17-14(18)12-9-16-13-8-6-5-7-11(12)13/h5-10,16H,1-4H3,(H,17,18). The van der Waals surface area contributed by atoms with Crippen molar-refractivity contribution < 1.29 is 4.79 Å². The van der Waals surface area contributed by atoms with Gasteiger partial charge in [0.1, 0.15) is 0 Å². The van der Waals surface area contributed by atoms with Gasteiger partial charge < -0.3 is 10.3 Å². The molecule has 2 rings (SSSR count). The molecule has 0 saturated carbocycles. The Morgan fingerprint density at radius 3 is 2.61 bits per heavy atom. The number of rotatable bonds is 2. The summed E-state index contributed by atoms with van der Waals surface area (Å²) in [5.74, 6) is -0.0186. The average Bonchev–Trinajstić information content (AvgIpc) is 2.71. The maximum atomic E-state index is 12.2. The first-order valence-electron chi connectivity index (χ1n) is 6.26. The summed E-state index contributed by atoms with van der Waals surface area (Å²) in [5, 5.41) is 4.02. The van der Waals surface area contributed by atoms with E-state index in [1.54, 1.807) is 6.20 Å². The van der Waals surface area contributed by atoms with Gasteiger partial charge in [-0.25, -0.2) is 0 Å². The summed E-state index contributed by atoms with van der Waals surface area (Å²) in [6.07, 6.45) is 1.77. The predicted octanol–water partition coefficient (Wildman–Crippen LogP) is 3.33. The smallest absolute Gasteiger partial charge is 0.253 e. The third-order valence-electron chi connectivity index (χ3n) is 3.48. The van der Waals surface area contributed by atoms with Crippen molar-refractivity contribution in [1.82, 2.24) is 10.3 Å². The predicted molar refractivity (Wildman–Crippen MR) is 74.7 cm³/mol. The van der Waals surface area contributed by atoms with Gasteiger partial charge in [-0.05, 0) is 18.4 Å². The molecule has 2 aromatic rings. The maximum absolute atomic E-state index is 12.2. The summed E-state index contributed by atoms with van der Waals surface area (Å²) in [4.78, 5) is 15.4. The Bertz CT molecular complexity index is 563. The van der Waals surface area contributed by atoms with Gasteiger partial charge in [0, 0.05) is 23.1 Å². The van der Waals surface area contributed by atoms with E-state index in [1.807, 2.05) is 31.2 Å². The summed E-state index contributed by atoms with van der Waals surface area (Å²) in [6.45, 7) is 8.39. The molecule has 3 nitrogen and oxygen atoms in total. The second kappa shape index (κ2) is 4.48. The number of carbonyl (C=O) groups is 1. The van der Waals surface area contributed by atoms with Gasteiger partial charge in [0.25, 0.3) is 5.91 Å². The van der Waals surface area contributed by atoms with E-state index < -0.39 is 0 Å². The van der Waals surface area contributed by atoms with Crippen molar-refractivity contribution in [3.63, 3.8) is 0 Å². The molecule has 0 fully saturated rings. The molecule has 1 aromatic carbocycles. The van der Waals surface area contributed by atoms with Gasteiger partial charge >= 0.3 is 0 Å². The lowest BCUT2D eigenvalue weighted by molar-refractivity contribution is 0.0912. The highest BCUT2D eigenvalue weighted by atomic mass is 16.1. The first-order valence-corrected chi connectivity index (χ1v) is 6.26. The number of aromatic amines is 1. The molecule has 0 spiro atoms. The zero-order chi connectivity index (χ0) is 13.3. The minimum absolute atomic E-state index is 0.0186. The van der Waals surface area contributed by atoms with E-state index in [4.69, 9.17) is 0 Å². The van der Waals surface area contributed by atoms with Crippen LogP contribution in [0.3, 0.4) is 0 Å². The van der Waals surface area contributed by atoms with Crippen molar-refractivity contribution in [2.24, 2.45) is 5.41 Å². The zero-order valence-electron chi connectivity index (χ0n) is 11.4. The van der Waals surface area contributed by atoms with Gasteiger partial charge in [-0.15, -0.1) is 0 Å². The fourth-order valence-corrected chi connectivity index (χ4v) is 1.75. The molecule has 0 aliphatic rings. The number of H-pyrrole nitrogens is 1. The summed E-state index contributed by atoms with van der Waals surface area (Å²) in [6, 6.07) is 7.96. The molecule has 0 aliphatic heterocycles. The molecular formula is C15H20N2O. The highest BCUT2D eigenvalue weighted by Gasteiger charge is 2.23. The molecule has 1 aromatic heterocycles. The van der Waals surface area contributed by atoms with Crippen molar-refractivity contribution >= 4 is 16.8 Å². The third-order valence-corrected chi connectivity index (χ3v) is 3.48. The number of para-hydroxylation sites is 1. The largest absolute Gasteiger partial charge is 0.360 e. The van der Waals surface area contributed by atoms with Crippen LogP contribution in [0.1, 0.15) is 38.1 Å². The van der Waals surface area contributed by atoms with E-state index in [1.165, 1.54) is 0 Å². The molecule has 3 heteroatoms. The van der Waals surface area contributed by atoms with E-state index in [0.29, 0.717) is 5.56 Å². The zero-order valence-corrected chi connectivity index (χ0v) is 11.4. The quantitative estimate of drug-likeness (QED) is 0.836. The molecule has 2 N–H and O–H groups in total. The van der Waals surface area contributed by atoms with Gasteiger partial charge in [-0.2, -0.15) is 0 Å². The maximum Gasteiger partial charge on any atom is 0.253 e. The summed E-state index contributed by atoms with van der Waals surface area (Å²) < 4.78 is 0. The Labute approximate surface area is 108 Å². The third kappa shape index (κ3) is 2.40. The molecule has 0 saturated heterocycles. The Balaban J connectivity index is 2.24. The van der Waals surface area contributed by atoms with Gasteiger partial charge in [-0.3, -0.25) is 4.79 Å². The summed E-state index contributed by atoms with van der Waals surface area (Å²) in [5.41, 5.74) is 1.76. The molecule has 1 unspecified atom stereocenters. The lowest BCUT2D eigenvalue weighted by atomic mass is 9.88. The van der Waals surface area contributed by atoms with E-state index in [2.05, 4.69) is 31.1 Å². The van der Waals surface area contributed by atoms with Crippen LogP contribution in [0.2, 0.25) is 0 Å². The lowest BCUT2D eigenvalue weighted by Crippen LogP contribution is -2.41. The second-order valence-corrected chi connectivity index (χ2v) is 5.81. The fourth-order valence-electron chi connectivity index (χ4n) is 1.75. The van der Waals surface area contributed by atoms with Crippen LogP contribution < -0.4 is 5.32 Å². The Morgan fingerprint density at radius 1 is 1.28 bits per heavy atom.